The molecule has 3 fully saturated rings. The summed E-state index contributed by atoms with van der Waals surface area (Å²) in [6, 6.07) is 12.9. The molecule has 174 valence electrons. The number of halogens is 2. The van der Waals surface area contributed by atoms with Gasteiger partial charge in [-0.05, 0) is 48.2 Å². The average molecular weight is 488 g/mol. The second kappa shape index (κ2) is 8.80. The Balaban J connectivity index is 1.42. The number of urea groups is 1. The number of fused-ring (bicyclic) bond motifs is 3. The van der Waals surface area contributed by atoms with E-state index in [-0.39, 0.29) is 30.9 Å². The van der Waals surface area contributed by atoms with E-state index < -0.39 is 6.04 Å². The van der Waals surface area contributed by atoms with Gasteiger partial charge in [0, 0.05) is 35.9 Å². The summed E-state index contributed by atoms with van der Waals surface area (Å²) < 4.78 is 0. The summed E-state index contributed by atoms with van der Waals surface area (Å²) in [5, 5.41) is 4.51. The maximum Gasteiger partial charge on any atom is 0.328 e. The highest BCUT2D eigenvalue weighted by molar-refractivity contribution is 6.35. The quantitative estimate of drug-likeness (QED) is 0.711. The zero-order valence-corrected chi connectivity index (χ0v) is 20.2. The molecule has 0 saturated carbocycles. The number of nitrogens with one attached hydrogen (secondary N) is 1. The molecule has 2 aromatic rings. The summed E-state index contributed by atoms with van der Waals surface area (Å²) in [7, 11) is 1.74. The van der Waals surface area contributed by atoms with Gasteiger partial charge in [-0.1, -0.05) is 48.3 Å². The van der Waals surface area contributed by atoms with Gasteiger partial charge in [0.2, 0.25) is 0 Å². The maximum absolute atomic E-state index is 13.6. The van der Waals surface area contributed by atoms with Gasteiger partial charge < -0.3 is 9.80 Å². The summed E-state index contributed by atoms with van der Waals surface area (Å²) >= 11 is 12.3. The van der Waals surface area contributed by atoms with Gasteiger partial charge in [0.1, 0.15) is 18.5 Å². The topological polar surface area (TPSA) is 59.1 Å². The fourth-order valence-corrected chi connectivity index (χ4v) is 5.54. The van der Waals surface area contributed by atoms with Crippen LogP contribution in [0.25, 0.3) is 0 Å². The van der Waals surface area contributed by atoms with Gasteiger partial charge in [0.15, 0.2) is 0 Å². The summed E-state index contributed by atoms with van der Waals surface area (Å²) in [6.07, 6.45) is 1.39. The van der Waals surface area contributed by atoms with Crippen molar-refractivity contribution in [1.29, 1.82) is 0 Å². The Hall–Kier alpha value is -2.32. The Morgan fingerprint density at radius 1 is 1.06 bits per heavy atom. The van der Waals surface area contributed by atoms with Gasteiger partial charge in [-0.2, -0.15) is 0 Å². The minimum Gasteiger partial charge on any atom is -0.343 e. The van der Waals surface area contributed by atoms with Crippen LogP contribution in [0, 0.1) is 0 Å². The fraction of sp³-hybridized carbons (Fsp3) is 0.417. The Bertz CT molecular complexity index is 1080. The molecule has 3 aliphatic rings. The van der Waals surface area contributed by atoms with Crippen LogP contribution in [0.5, 0.6) is 0 Å². The number of rotatable bonds is 4. The first kappa shape index (κ1) is 22.5. The van der Waals surface area contributed by atoms with Crippen molar-refractivity contribution in [3.05, 3.63) is 63.6 Å². The van der Waals surface area contributed by atoms with Gasteiger partial charge in [-0.3, -0.25) is 19.9 Å². The largest absolute Gasteiger partial charge is 0.343 e. The lowest BCUT2D eigenvalue weighted by molar-refractivity contribution is -0.139. The molecule has 7 nitrogen and oxygen atoms in total. The molecule has 0 aromatic heterocycles. The average Bonchev–Trinajstić information content (AvgIpc) is 3.22. The van der Waals surface area contributed by atoms with Crippen molar-refractivity contribution >= 4 is 40.8 Å². The maximum atomic E-state index is 13.6. The van der Waals surface area contributed by atoms with Crippen molar-refractivity contribution in [1.82, 2.24) is 20.0 Å². The van der Waals surface area contributed by atoms with Gasteiger partial charge in [0.25, 0.3) is 5.91 Å². The lowest BCUT2D eigenvalue weighted by Crippen LogP contribution is -2.66. The van der Waals surface area contributed by atoms with Gasteiger partial charge in [-0.15, -0.1) is 0 Å². The molecule has 3 saturated heterocycles. The predicted molar refractivity (Wildman–Crippen MR) is 129 cm³/mol. The Morgan fingerprint density at radius 3 is 2.52 bits per heavy atom. The molecule has 0 bridgehead atoms. The van der Waals surface area contributed by atoms with Crippen LogP contribution >= 0.6 is 23.2 Å². The van der Waals surface area contributed by atoms with Gasteiger partial charge in [0.05, 0.1) is 6.54 Å². The summed E-state index contributed by atoms with van der Waals surface area (Å²) in [4.78, 5) is 34.2. The van der Waals surface area contributed by atoms with Crippen LogP contribution in [0.2, 0.25) is 10.0 Å². The number of carbonyl (C=O) groups is 2. The lowest BCUT2D eigenvalue weighted by atomic mass is 10.1. The van der Waals surface area contributed by atoms with Gasteiger partial charge in [-0.25, -0.2) is 4.79 Å². The Labute approximate surface area is 203 Å². The minimum atomic E-state index is -0.457. The highest BCUT2D eigenvalue weighted by Crippen LogP contribution is 2.34. The Kier molecular flexibility index (Phi) is 5.99. The minimum absolute atomic E-state index is 0.113. The highest BCUT2D eigenvalue weighted by Gasteiger charge is 2.56. The van der Waals surface area contributed by atoms with Crippen LogP contribution in [0.4, 0.5) is 10.5 Å². The molecule has 2 aromatic carbocycles. The molecular weight excluding hydrogens is 461 g/mol. The molecule has 0 aliphatic carbocycles. The second-order valence-corrected chi connectivity index (χ2v) is 9.63. The molecule has 0 spiro atoms. The van der Waals surface area contributed by atoms with Gasteiger partial charge >= 0.3 is 6.03 Å². The number of anilines is 1. The third-order valence-corrected chi connectivity index (χ3v) is 7.48. The summed E-state index contributed by atoms with van der Waals surface area (Å²) in [5.74, 6) is -0.202. The zero-order valence-electron chi connectivity index (χ0n) is 18.7. The van der Waals surface area contributed by atoms with Crippen molar-refractivity contribution in [3.8, 4) is 0 Å². The molecule has 5 rings (SSSR count). The van der Waals surface area contributed by atoms with Crippen LogP contribution < -0.4 is 10.2 Å². The first-order valence-electron chi connectivity index (χ1n) is 11.3. The third-order valence-electron chi connectivity index (χ3n) is 6.89. The molecule has 3 amide bonds. The molecule has 3 atom stereocenters. The molecule has 33 heavy (non-hydrogen) atoms. The van der Waals surface area contributed by atoms with Crippen molar-refractivity contribution in [2.24, 2.45) is 0 Å². The predicted octanol–water partition coefficient (Wildman–Crippen LogP) is 3.74. The van der Waals surface area contributed by atoms with E-state index in [1.54, 1.807) is 30.1 Å². The van der Waals surface area contributed by atoms with Crippen molar-refractivity contribution in [2.75, 3.05) is 25.0 Å². The normalized spacial score (nSPS) is 25.5. The number of likely N-dealkylation sites (N-methyl/N-ethyl adjacent to an activating group) is 1. The summed E-state index contributed by atoms with van der Waals surface area (Å²) in [5.41, 5.74) is 3.09. The number of hydrogen-bond donors (Lipinski definition) is 1. The van der Waals surface area contributed by atoms with E-state index in [4.69, 9.17) is 23.2 Å². The number of imide groups is 1. The highest BCUT2D eigenvalue weighted by atomic mass is 35.5. The smallest absolute Gasteiger partial charge is 0.328 e. The van der Waals surface area contributed by atoms with E-state index in [1.807, 2.05) is 0 Å². The molecular formula is C24H27Cl2N5O2. The van der Waals surface area contributed by atoms with Crippen LogP contribution in [0.3, 0.4) is 0 Å². The van der Waals surface area contributed by atoms with Crippen molar-refractivity contribution in [2.45, 2.75) is 44.8 Å². The Morgan fingerprint density at radius 2 is 1.82 bits per heavy atom. The standard InChI is InChI=1S/C24H27Cl2N5O2/c1-3-15-5-9-18(10-6-15)29-11-4-12-30-20-21(27-23(29)30)28(2)24(33)31(22(20)32)14-16-7-8-17(25)13-19(16)26/h5-10,13,20-21,23,27H,3-4,11-12,14H2,1-2H3. The van der Waals surface area contributed by atoms with E-state index in [2.05, 4.69) is 46.3 Å². The zero-order chi connectivity index (χ0) is 23.3. The van der Waals surface area contributed by atoms with Crippen LogP contribution in [0.1, 0.15) is 24.5 Å². The van der Waals surface area contributed by atoms with Crippen LogP contribution in [0.15, 0.2) is 42.5 Å². The van der Waals surface area contributed by atoms with E-state index in [1.165, 1.54) is 10.5 Å². The second-order valence-electron chi connectivity index (χ2n) is 8.79. The number of aryl methyl sites for hydroxylation is 1. The molecule has 3 heterocycles. The van der Waals surface area contributed by atoms with Crippen LogP contribution in [-0.4, -0.2) is 65.3 Å². The van der Waals surface area contributed by atoms with E-state index in [9.17, 15) is 9.59 Å². The van der Waals surface area contributed by atoms with Crippen molar-refractivity contribution < 1.29 is 9.59 Å². The number of nitrogens with zero attached hydrogens (tertiary/aromatic N) is 4. The SMILES string of the molecule is CCc1ccc(N2CCCN3C4C(=O)N(Cc5ccc(Cl)cc5Cl)C(=O)N(C)C4NC23)cc1. The molecule has 1 N–H and O–H groups in total. The first-order chi connectivity index (χ1) is 15.9. The summed E-state index contributed by atoms with van der Waals surface area (Å²) in [6.45, 7) is 3.92. The van der Waals surface area contributed by atoms with Crippen molar-refractivity contribution in [3.63, 3.8) is 0 Å². The first-order valence-corrected chi connectivity index (χ1v) is 12.0. The monoisotopic (exact) mass is 487 g/mol. The number of hydrogen-bond acceptors (Lipinski definition) is 5. The molecule has 0 radical (unpaired) electrons. The van der Waals surface area contributed by atoms with E-state index >= 15 is 0 Å². The molecule has 9 heteroatoms. The fourth-order valence-electron chi connectivity index (χ4n) is 5.07. The lowest BCUT2D eigenvalue weighted by Gasteiger charge is -2.44. The number of amides is 3. The van der Waals surface area contributed by atoms with E-state index in [0.717, 1.165) is 31.6 Å². The third kappa shape index (κ3) is 3.87. The number of carbonyl (C=O) groups excluding carboxylic acids is 2. The number of benzene rings is 2. The molecule has 3 aliphatic heterocycles. The molecule has 3 unspecified atom stereocenters. The van der Waals surface area contributed by atoms with E-state index in [0.29, 0.717) is 15.6 Å². The van der Waals surface area contributed by atoms with Crippen LogP contribution in [-0.2, 0) is 17.8 Å².